The van der Waals surface area contributed by atoms with Gasteiger partial charge in [0.15, 0.2) is 10.8 Å². The molecule has 0 aromatic carbocycles. The Morgan fingerprint density at radius 1 is 1.44 bits per heavy atom. The van der Waals surface area contributed by atoms with Crippen LogP contribution >= 0.6 is 11.6 Å². The Hall–Kier alpha value is -1.16. The fraction of sp³-hybridized carbons (Fsp3) is 0.545. The number of hydrogen-bond acceptors (Lipinski definition) is 3. The van der Waals surface area contributed by atoms with Crippen molar-refractivity contribution in [3.05, 3.63) is 23.0 Å². The molecule has 0 aliphatic carbocycles. The molecule has 1 N–H and O–H groups in total. The van der Waals surface area contributed by atoms with Crippen molar-refractivity contribution in [2.45, 2.75) is 33.2 Å². The van der Waals surface area contributed by atoms with Gasteiger partial charge in [0, 0.05) is 6.04 Å². The normalized spacial score (nSPS) is 12.6. The van der Waals surface area contributed by atoms with E-state index in [9.17, 15) is 4.79 Å². The van der Waals surface area contributed by atoms with Gasteiger partial charge in [-0.05, 0) is 24.5 Å². The first-order valence-corrected chi connectivity index (χ1v) is 5.72. The Morgan fingerprint density at radius 3 is 2.56 bits per heavy atom. The van der Waals surface area contributed by atoms with E-state index in [4.69, 9.17) is 11.6 Å². The average Bonchev–Trinajstić information content (AvgIpc) is 2.26. The van der Waals surface area contributed by atoms with Gasteiger partial charge >= 0.3 is 0 Å². The van der Waals surface area contributed by atoms with Gasteiger partial charge in [0.25, 0.3) is 5.91 Å². The minimum absolute atomic E-state index is 0.157. The Labute approximate surface area is 100 Å². The van der Waals surface area contributed by atoms with Gasteiger partial charge in [0.2, 0.25) is 0 Å². The van der Waals surface area contributed by atoms with Crippen LogP contribution in [0.15, 0.2) is 12.1 Å². The summed E-state index contributed by atoms with van der Waals surface area (Å²) in [5.41, 5.74) is 0.295. The molecule has 1 aromatic rings. The quantitative estimate of drug-likeness (QED) is 0.880. The third-order valence-corrected chi connectivity index (χ3v) is 2.63. The minimum atomic E-state index is -0.204. The number of aromatic nitrogens is 2. The average molecular weight is 242 g/mol. The smallest absolute Gasteiger partial charge is 0.272 e. The van der Waals surface area contributed by atoms with E-state index in [2.05, 4.69) is 29.4 Å². The number of carbonyl (C=O) groups excluding carboxylic acids is 1. The number of nitrogens with zero attached hydrogens (tertiary/aromatic N) is 2. The molecule has 0 saturated carbocycles. The molecule has 0 aliphatic heterocycles. The topological polar surface area (TPSA) is 54.9 Å². The molecule has 88 valence electrons. The number of nitrogens with one attached hydrogen (secondary N) is 1. The molecule has 1 unspecified atom stereocenters. The highest BCUT2D eigenvalue weighted by atomic mass is 35.5. The monoisotopic (exact) mass is 241 g/mol. The first-order valence-electron chi connectivity index (χ1n) is 5.34. The Morgan fingerprint density at radius 2 is 2.12 bits per heavy atom. The molecule has 0 aliphatic rings. The zero-order chi connectivity index (χ0) is 12.1. The molecule has 4 nitrogen and oxygen atoms in total. The van der Waals surface area contributed by atoms with Crippen molar-refractivity contribution in [3.8, 4) is 0 Å². The fourth-order valence-corrected chi connectivity index (χ4v) is 1.52. The highest BCUT2D eigenvalue weighted by molar-refractivity contribution is 6.29. The van der Waals surface area contributed by atoms with E-state index >= 15 is 0 Å². The number of amides is 1. The van der Waals surface area contributed by atoms with Gasteiger partial charge in [-0.3, -0.25) is 4.79 Å². The molecule has 1 aromatic heterocycles. The van der Waals surface area contributed by atoms with Crippen LogP contribution < -0.4 is 5.32 Å². The Balaban J connectivity index is 2.68. The molecule has 1 atom stereocenters. The van der Waals surface area contributed by atoms with Crippen molar-refractivity contribution in [1.82, 2.24) is 15.5 Å². The van der Waals surface area contributed by atoms with Crippen molar-refractivity contribution < 1.29 is 4.79 Å². The van der Waals surface area contributed by atoms with Crippen molar-refractivity contribution in [2.75, 3.05) is 0 Å². The summed E-state index contributed by atoms with van der Waals surface area (Å²) in [5.74, 6) is 0.193. The van der Waals surface area contributed by atoms with Crippen LogP contribution in [0.3, 0.4) is 0 Å². The summed E-state index contributed by atoms with van der Waals surface area (Å²) in [5, 5.41) is 10.6. The zero-order valence-electron chi connectivity index (χ0n) is 9.70. The molecule has 0 radical (unpaired) electrons. The first-order chi connectivity index (χ1) is 7.54. The number of hydrogen-bond donors (Lipinski definition) is 1. The third-order valence-electron chi connectivity index (χ3n) is 2.43. The van der Waals surface area contributed by atoms with E-state index in [1.165, 1.54) is 0 Å². The summed E-state index contributed by atoms with van der Waals surface area (Å²) in [7, 11) is 0. The summed E-state index contributed by atoms with van der Waals surface area (Å²) < 4.78 is 0. The lowest BCUT2D eigenvalue weighted by molar-refractivity contribution is 0.0918. The van der Waals surface area contributed by atoms with E-state index in [0.29, 0.717) is 11.6 Å². The minimum Gasteiger partial charge on any atom is -0.348 e. The molecule has 16 heavy (non-hydrogen) atoms. The van der Waals surface area contributed by atoms with Crippen molar-refractivity contribution >= 4 is 17.5 Å². The number of rotatable bonds is 4. The highest BCUT2D eigenvalue weighted by Gasteiger charge is 2.16. The molecule has 0 bridgehead atoms. The van der Waals surface area contributed by atoms with E-state index < -0.39 is 0 Å². The standard InChI is InChI=1S/C11H16ClN3O/c1-4-8(7(2)3)13-11(16)9-5-6-10(12)15-14-9/h5-8H,4H2,1-3H3,(H,13,16). The lowest BCUT2D eigenvalue weighted by Gasteiger charge is -2.20. The van der Waals surface area contributed by atoms with Crippen LogP contribution in [0.2, 0.25) is 5.15 Å². The zero-order valence-corrected chi connectivity index (χ0v) is 10.5. The van der Waals surface area contributed by atoms with Gasteiger partial charge in [-0.2, -0.15) is 0 Å². The lowest BCUT2D eigenvalue weighted by Crippen LogP contribution is -2.38. The molecular formula is C11H16ClN3O. The second-order valence-electron chi connectivity index (χ2n) is 3.97. The molecule has 1 amide bonds. The Kier molecular flexibility index (Phi) is 4.68. The molecule has 1 heterocycles. The van der Waals surface area contributed by atoms with E-state index in [-0.39, 0.29) is 17.1 Å². The molecule has 0 saturated heterocycles. The maximum Gasteiger partial charge on any atom is 0.272 e. The van der Waals surface area contributed by atoms with E-state index in [0.717, 1.165) is 6.42 Å². The second kappa shape index (κ2) is 5.80. The predicted molar refractivity (Wildman–Crippen MR) is 63.4 cm³/mol. The molecule has 0 fully saturated rings. The van der Waals surface area contributed by atoms with Gasteiger partial charge < -0.3 is 5.32 Å². The van der Waals surface area contributed by atoms with Crippen molar-refractivity contribution in [2.24, 2.45) is 5.92 Å². The van der Waals surface area contributed by atoms with E-state index in [1.807, 2.05) is 6.92 Å². The maximum absolute atomic E-state index is 11.8. The molecule has 0 spiro atoms. The maximum atomic E-state index is 11.8. The van der Waals surface area contributed by atoms with Gasteiger partial charge in [0.05, 0.1) is 0 Å². The Bertz CT molecular complexity index is 351. The van der Waals surface area contributed by atoms with Crippen LogP contribution in [0.1, 0.15) is 37.7 Å². The summed E-state index contributed by atoms with van der Waals surface area (Å²) in [6.07, 6.45) is 0.893. The SMILES string of the molecule is CCC(NC(=O)c1ccc(Cl)nn1)C(C)C. The first kappa shape index (κ1) is 12.9. The highest BCUT2D eigenvalue weighted by Crippen LogP contribution is 2.07. The van der Waals surface area contributed by atoms with Crippen LogP contribution in [0.4, 0.5) is 0 Å². The van der Waals surface area contributed by atoms with Crippen molar-refractivity contribution in [3.63, 3.8) is 0 Å². The van der Waals surface area contributed by atoms with Crippen LogP contribution in [-0.2, 0) is 0 Å². The molecular weight excluding hydrogens is 226 g/mol. The summed E-state index contributed by atoms with van der Waals surface area (Å²) in [6.45, 7) is 6.18. The van der Waals surface area contributed by atoms with Crippen LogP contribution in [0.5, 0.6) is 0 Å². The predicted octanol–water partition coefficient (Wildman–Crippen LogP) is 2.29. The van der Waals surface area contributed by atoms with Gasteiger partial charge in [-0.1, -0.05) is 32.4 Å². The van der Waals surface area contributed by atoms with Gasteiger partial charge in [-0.15, -0.1) is 10.2 Å². The largest absolute Gasteiger partial charge is 0.348 e. The van der Waals surface area contributed by atoms with Crippen LogP contribution in [0.25, 0.3) is 0 Å². The number of halogens is 1. The number of carbonyl (C=O) groups is 1. The van der Waals surface area contributed by atoms with Gasteiger partial charge in [-0.25, -0.2) is 0 Å². The molecule has 5 heteroatoms. The second-order valence-corrected chi connectivity index (χ2v) is 4.36. The van der Waals surface area contributed by atoms with Gasteiger partial charge in [0.1, 0.15) is 0 Å². The lowest BCUT2D eigenvalue weighted by atomic mass is 10.0. The summed E-state index contributed by atoms with van der Waals surface area (Å²) in [6, 6.07) is 3.28. The third kappa shape index (κ3) is 3.45. The molecule has 1 rings (SSSR count). The van der Waals surface area contributed by atoms with Crippen molar-refractivity contribution in [1.29, 1.82) is 0 Å². The van der Waals surface area contributed by atoms with Crippen LogP contribution in [-0.4, -0.2) is 22.1 Å². The summed E-state index contributed by atoms with van der Waals surface area (Å²) >= 11 is 5.59. The van der Waals surface area contributed by atoms with E-state index in [1.54, 1.807) is 12.1 Å². The fourth-order valence-electron chi connectivity index (χ4n) is 1.42. The van der Waals surface area contributed by atoms with Crippen LogP contribution in [0, 0.1) is 5.92 Å². The summed E-state index contributed by atoms with van der Waals surface area (Å²) in [4.78, 5) is 11.8.